The Hall–Kier alpha value is -2.19. The molecule has 7 nitrogen and oxygen atoms in total. The van der Waals surface area contributed by atoms with Crippen LogP contribution < -0.4 is 16.4 Å². The molecule has 0 saturated heterocycles. The number of halogens is 1. The van der Waals surface area contributed by atoms with Crippen molar-refractivity contribution in [1.82, 2.24) is 10.6 Å². The summed E-state index contributed by atoms with van der Waals surface area (Å²) in [5.74, 6) is -1.51. The molecule has 1 aromatic carbocycles. The van der Waals surface area contributed by atoms with E-state index in [0.29, 0.717) is 0 Å². The number of esters is 1. The standard InChI is InChI=1S/C15H22FN3O4/c1-15(2,9-18-14(17)22)19-7-10(20)8-23-13(21)11-5-3-4-6-12(11)16/h3-6,10,19-20H,7-9H2,1-2H3,(H3,17,18,22)/t10-/m1/s1. The first-order valence-corrected chi connectivity index (χ1v) is 7.09. The van der Waals surface area contributed by atoms with Crippen LogP contribution in [0.25, 0.3) is 0 Å². The van der Waals surface area contributed by atoms with Gasteiger partial charge in [0.2, 0.25) is 0 Å². The highest BCUT2D eigenvalue weighted by Gasteiger charge is 2.20. The van der Waals surface area contributed by atoms with Crippen molar-refractivity contribution < 1.29 is 23.8 Å². The van der Waals surface area contributed by atoms with E-state index in [4.69, 9.17) is 10.5 Å². The van der Waals surface area contributed by atoms with Crippen LogP contribution in [0.2, 0.25) is 0 Å². The van der Waals surface area contributed by atoms with Crippen LogP contribution in [0.15, 0.2) is 24.3 Å². The molecule has 0 bridgehead atoms. The predicted octanol–water partition coefficient (Wildman–Crippen LogP) is 0.380. The van der Waals surface area contributed by atoms with Crippen LogP contribution in [-0.4, -0.2) is 48.4 Å². The van der Waals surface area contributed by atoms with Gasteiger partial charge in [-0.05, 0) is 26.0 Å². The maximum Gasteiger partial charge on any atom is 0.341 e. The fourth-order valence-corrected chi connectivity index (χ4v) is 1.70. The maximum atomic E-state index is 13.4. The maximum absolute atomic E-state index is 13.4. The number of hydrogen-bond acceptors (Lipinski definition) is 5. The van der Waals surface area contributed by atoms with Crippen molar-refractivity contribution in [3.63, 3.8) is 0 Å². The first kappa shape index (κ1) is 18.9. The molecule has 1 atom stereocenters. The Balaban J connectivity index is 2.37. The van der Waals surface area contributed by atoms with Crippen LogP contribution in [0.1, 0.15) is 24.2 Å². The van der Waals surface area contributed by atoms with E-state index < -0.39 is 29.5 Å². The van der Waals surface area contributed by atoms with Crippen molar-refractivity contribution in [2.45, 2.75) is 25.5 Å². The average Bonchev–Trinajstić information content (AvgIpc) is 2.49. The summed E-state index contributed by atoms with van der Waals surface area (Å²) in [4.78, 5) is 22.4. The van der Waals surface area contributed by atoms with Crippen LogP contribution in [0.5, 0.6) is 0 Å². The van der Waals surface area contributed by atoms with E-state index in [1.54, 1.807) is 13.8 Å². The van der Waals surface area contributed by atoms with Crippen molar-refractivity contribution in [2.75, 3.05) is 19.7 Å². The summed E-state index contributed by atoms with van der Waals surface area (Å²) in [7, 11) is 0. The number of nitrogens with one attached hydrogen (secondary N) is 2. The quantitative estimate of drug-likeness (QED) is 0.516. The Morgan fingerprint density at radius 2 is 2.04 bits per heavy atom. The van der Waals surface area contributed by atoms with E-state index in [1.807, 2.05) is 0 Å². The Morgan fingerprint density at radius 3 is 2.65 bits per heavy atom. The number of amides is 2. The van der Waals surface area contributed by atoms with E-state index in [9.17, 15) is 19.1 Å². The van der Waals surface area contributed by atoms with E-state index in [0.717, 1.165) is 6.07 Å². The Bertz CT molecular complexity index is 551. The lowest BCUT2D eigenvalue weighted by molar-refractivity contribution is 0.0241. The van der Waals surface area contributed by atoms with Crippen molar-refractivity contribution >= 4 is 12.0 Å². The van der Waals surface area contributed by atoms with Crippen LogP contribution in [0.4, 0.5) is 9.18 Å². The Labute approximate surface area is 134 Å². The summed E-state index contributed by atoms with van der Waals surface area (Å²) in [6.07, 6.45) is -0.974. The van der Waals surface area contributed by atoms with Crippen molar-refractivity contribution in [3.8, 4) is 0 Å². The lowest BCUT2D eigenvalue weighted by atomic mass is 10.1. The third-order valence-corrected chi connectivity index (χ3v) is 3.02. The number of rotatable bonds is 8. The highest BCUT2D eigenvalue weighted by Crippen LogP contribution is 2.08. The van der Waals surface area contributed by atoms with E-state index >= 15 is 0 Å². The van der Waals surface area contributed by atoms with Gasteiger partial charge in [0, 0.05) is 18.6 Å². The fraction of sp³-hybridized carbons (Fsp3) is 0.467. The zero-order valence-electron chi connectivity index (χ0n) is 13.1. The number of β-amino-alcohol motifs (C(OH)–C–C–N with tert-alkyl or cyclic N) is 1. The van der Waals surface area contributed by atoms with Crippen LogP contribution >= 0.6 is 0 Å². The molecule has 0 heterocycles. The lowest BCUT2D eigenvalue weighted by Gasteiger charge is -2.27. The second kappa shape index (κ2) is 8.44. The minimum absolute atomic E-state index is 0.123. The van der Waals surface area contributed by atoms with Crippen LogP contribution in [0, 0.1) is 5.82 Å². The van der Waals surface area contributed by atoms with Gasteiger partial charge in [-0.25, -0.2) is 14.0 Å². The molecule has 2 amide bonds. The van der Waals surface area contributed by atoms with Gasteiger partial charge in [0.05, 0.1) is 5.56 Å². The number of ether oxygens (including phenoxy) is 1. The zero-order chi connectivity index (χ0) is 17.5. The molecule has 5 N–H and O–H groups in total. The molecule has 1 aromatic rings. The molecule has 8 heteroatoms. The summed E-state index contributed by atoms with van der Waals surface area (Å²) >= 11 is 0. The van der Waals surface area contributed by atoms with Gasteiger partial charge in [-0.3, -0.25) is 0 Å². The summed E-state index contributed by atoms with van der Waals surface area (Å²) in [5.41, 5.74) is 4.30. The number of urea groups is 1. The third kappa shape index (κ3) is 7.07. The third-order valence-electron chi connectivity index (χ3n) is 3.02. The van der Waals surface area contributed by atoms with Gasteiger partial charge in [0.1, 0.15) is 18.5 Å². The molecule has 0 spiro atoms. The minimum atomic E-state index is -0.974. The first-order chi connectivity index (χ1) is 10.7. The SMILES string of the molecule is CC(C)(CNC(N)=O)NC[C@@H](O)COC(=O)c1ccccc1F. The minimum Gasteiger partial charge on any atom is -0.459 e. The fourth-order valence-electron chi connectivity index (χ4n) is 1.70. The summed E-state index contributed by atoms with van der Waals surface area (Å²) in [6.45, 7) is 3.73. The highest BCUT2D eigenvalue weighted by molar-refractivity contribution is 5.89. The predicted molar refractivity (Wildman–Crippen MR) is 82.4 cm³/mol. The smallest absolute Gasteiger partial charge is 0.341 e. The Morgan fingerprint density at radius 1 is 1.39 bits per heavy atom. The van der Waals surface area contributed by atoms with Crippen LogP contribution in [0.3, 0.4) is 0 Å². The van der Waals surface area contributed by atoms with E-state index in [2.05, 4.69) is 10.6 Å². The second-order valence-electron chi connectivity index (χ2n) is 5.71. The topological polar surface area (TPSA) is 114 Å². The van der Waals surface area contributed by atoms with Gasteiger partial charge in [-0.15, -0.1) is 0 Å². The molecule has 23 heavy (non-hydrogen) atoms. The van der Waals surface area contributed by atoms with Crippen LogP contribution in [-0.2, 0) is 4.74 Å². The number of nitrogens with two attached hydrogens (primary N) is 1. The van der Waals surface area contributed by atoms with Gasteiger partial charge in [0.15, 0.2) is 0 Å². The molecule has 0 aromatic heterocycles. The molecule has 0 aliphatic heterocycles. The number of carbonyl (C=O) groups excluding carboxylic acids is 2. The van der Waals surface area contributed by atoms with Gasteiger partial charge < -0.3 is 26.2 Å². The zero-order valence-corrected chi connectivity index (χ0v) is 13.1. The molecular weight excluding hydrogens is 305 g/mol. The summed E-state index contributed by atoms with van der Waals surface area (Å²) in [6, 6.07) is 4.81. The van der Waals surface area contributed by atoms with Crippen molar-refractivity contribution in [2.24, 2.45) is 5.73 Å². The monoisotopic (exact) mass is 327 g/mol. The van der Waals surface area contributed by atoms with Gasteiger partial charge in [-0.2, -0.15) is 0 Å². The molecule has 0 unspecified atom stereocenters. The molecule has 1 rings (SSSR count). The lowest BCUT2D eigenvalue weighted by Crippen LogP contribution is -2.52. The second-order valence-corrected chi connectivity index (χ2v) is 5.71. The number of carbonyl (C=O) groups is 2. The normalized spacial score (nSPS) is 12.5. The molecule has 0 aliphatic carbocycles. The molecular formula is C15H22FN3O4. The first-order valence-electron chi connectivity index (χ1n) is 7.09. The van der Waals surface area contributed by atoms with Gasteiger partial charge >= 0.3 is 12.0 Å². The van der Waals surface area contributed by atoms with Crippen molar-refractivity contribution in [1.29, 1.82) is 0 Å². The summed E-state index contributed by atoms with van der Waals surface area (Å²) in [5, 5.41) is 15.3. The van der Waals surface area contributed by atoms with Gasteiger partial charge in [-0.1, -0.05) is 12.1 Å². The largest absolute Gasteiger partial charge is 0.459 e. The molecule has 0 aliphatic rings. The van der Waals surface area contributed by atoms with E-state index in [1.165, 1.54) is 18.2 Å². The van der Waals surface area contributed by atoms with Crippen molar-refractivity contribution in [3.05, 3.63) is 35.6 Å². The number of aliphatic hydroxyl groups is 1. The Kier molecular flexibility index (Phi) is 6.92. The van der Waals surface area contributed by atoms with Gasteiger partial charge in [0.25, 0.3) is 0 Å². The molecule has 0 fully saturated rings. The molecule has 0 saturated carbocycles. The average molecular weight is 327 g/mol. The number of primary amides is 1. The number of benzene rings is 1. The molecule has 128 valence electrons. The number of aliphatic hydroxyl groups excluding tert-OH is 1. The van der Waals surface area contributed by atoms with E-state index in [-0.39, 0.29) is 25.3 Å². The summed E-state index contributed by atoms with van der Waals surface area (Å²) < 4.78 is 18.3. The number of hydrogen-bond donors (Lipinski definition) is 4. The molecule has 0 radical (unpaired) electrons. The highest BCUT2D eigenvalue weighted by atomic mass is 19.1.